The second-order valence-corrected chi connectivity index (χ2v) is 5.93. The normalized spacial score (nSPS) is 12.8. The molecule has 0 amide bonds. The first-order chi connectivity index (χ1) is 9.79. The molecular weight excluding hydrogens is 270 g/mol. The van der Waals surface area contributed by atoms with Gasteiger partial charge >= 0.3 is 5.97 Å². The summed E-state index contributed by atoms with van der Waals surface area (Å²) in [5.41, 5.74) is 0.956. The highest BCUT2D eigenvalue weighted by molar-refractivity contribution is 5.73. The number of carboxylic acid groups (broad SMARTS) is 1. The van der Waals surface area contributed by atoms with Crippen molar-refractivity contribution in [1.29, 1.82) is 0 Å². The van der Waals surface area contributed by atoms with E-state index >= 15 is 0 Å². The van der Waals surface area contributed by atoms with Gasteiger partial charge in [-0.25, -0.2) is 0 Å². The average Bonchev–Trinajstić information content (AvgIpc) is 2.42. The van der Waals surface area contributed by atoms with E-state index < -0.39 is 12.0 Å². The highest BCUT2D eigenvalue weighted by Gasteiger charge is 2.21. The first-order valence-electron chi connectivity index (χ1n) is 7.01. The van der Waals surface area contributed by atoms with Gasteiger partial charge in [-0.1, -0.05) is 20.8 Å². The van der Waals surface area contributed by atoms with Crippen molar-refractivity contribution in [2.24, 2.45) is 0 Å². The molecule has 0 heterocycles. The number of carboxylic acids is 1. The van der Waals surface area contributed by atoms with Crippen molar-refractivity contribution >= 4 is 5.97 Å². The van der Waals surface area contributed by atoms with Crippen LogP contribution in [0.4, 0.5) is 0 Å². The smallest absolute Gasteiger partial charge is 0.320 e. The Hall–Kier alpha value is -1.75. The minimum atomic E-state index is -0.869. The zero-order chi connectivity index (χ0) is 16.0. The molecule has 0 saturated heterocycles. The molecule has 1 rings (SSSR count). The van der Waals surface area contributed by atoms with Gasteiger partial charge in [-0.2, -0.15) is 0 Å². The van der Waals surface area contributed by atoms with E-state index in [-0.39, 0.29) is 5.41 Å². The summed E-state index contributed by atoms with van der Waals surface area (Å²) in [7, 11) is 3.26. The maximum atomic E-state index is 10.9. The Morgan fingerprint density at radius 2 is 2.05 bits per heavy atom. The molecule has 0 aliphatic rings. The van der Waals surface area contributed by atoms with Crippen LogP contribution in [0.25, 0.3) is 0 Å². The number of likely N-dealkylation sites (N-methyl/N-ethyl adjacent to an activating group) is 1. The monoisotopic (exact) mass is 295 g/mol. The van der Waals surface area contributed by atoms with Crippen LogP contribution in [0.3, 0.4) is 0 Å². The largest absolute Gasteiger partial charge is 0.497 e. The second kappa shape index (κ2) is 7.31. The van der Waals surface area contributed by atoms with Crippen LogP contribution in [0.5, 0.6) is 11.5 Å². The Bertz CT molecular complexity index is 480. The van der Waals surface area contributed by atoms with E-state index in [2.05, 4.69) is 26.1 Å². The van der Waals surface area contributed by atoms with Gasteiger partial charge in [0.2, 0.25) is 0 Å². The second-order valence-electron chi connectivity index (χ2n) is 5.93. The number of methoxy groups -OCH3 is 1. The van der Waals surface area contributed by atoms with Crippen LogP contribution >= 0.6 is 0 Å². The average molecular weight is 295 g/mol. The molecule has 1 aromatic carbocycles. The lowest BCUT2D eigenvalue weighted by Gasteiger charge is -2.24. The summed E-state index contributed by atoms with van der Waals surface area (Å²) in [4.78, 5) is 10.9. The van der Waals surface area contributed by atoms with Crippen LogP contribution in [0.1, 0.15) is 32.8 Å². The molecule has 0 aliphatic heterocycles. The Morgan fingerprint density at radius 1 is 1.38 bits per heavy atom. The number of hydrogen-bond acceptors (Lipinski definition) is 4. The van der Waals surface area contributed by atoms with Crippen LogP contribution in [-0.2, 0) is 10.2 Å². The van der Waals surface area contributed by atoms with Crippen LogP contribution in [0.2, 0.25) is 0 Å². The molecule has 0 spiro atoms. The van der Waals surface area contributed by atoms with Crippen LogP contribution in [-0.4, -0.2) is 37.9 Å². The number of rotatable bonds is 7. The summed E-state index contributed by atoms with van der Waals surface area (Å²) in [6, 6.07) is 5.08. The zero-order valence-corrected chi connectivity index (χ0v) is 13.4. The summed E-state index contributed by atoms with van der Waals surface area (Å²) < 4.78 is 11.0. The Kier molecular flexibility index (Phi) is 6.03. The fourth-order valence-corrected chi connectivity index (χ4v) is 2.03. The number of ether oxygens (including phenoxy) is 2. The molecule has 5 nitrogen and oxygen atoms in total. The fourth-order valence-electron chi connectivity index (χ4n) is 2.03. The van der Waals surface area contributed by atoms with E-state index in [1.54, 1.807) is 14.2 Å². The standard InChI is InChI=1S/C16H25NO4/c1-16(2,3)12-10-11(20-5)6-7-14(12)21-9-8-13(17-4)15(18)19/h6-7,10,13,17H,8-9H2,1-5H3,(H,18,19). The molecule has 1 aromatic rings. The molecule has 0 aliphatic carbocycles. The van der Waals surface area contributed by atoms with Gasteiger partial charge in [-0.05, 0) is 30.7 Å². The lowest BCUT2D eigenvalue weighted by molar-refractivity contribution is -0.139. The van der Waals surface area contributed by atoms with Gasteiger partial charge in [0.25, 0.3) is 0 Å². The molecule has 0 fully saturated rings. The van der Waals surface area contributed by atoms with Gasteiger partial charge in [0, 0.05) is 12.0 Å². The SMILES string of the molecule is CNC(CCOc1ccc(OC)cc1C(C)(C)C)C(=O)O. The highest BCUT2D eigenvalue weighted by Crippen LogP contribution is 2.34. The van der Waals surface area contributed by atoms with E-state index in [0.29, 0.717) is 13.0 Å². The molecule has 0 saturated carbocycles. The Labute approximate surface area is 126 Å². The predicted octanol–water partition coefficient (Wildman–Crippen LogP) is 2.43. The highest BCUT2D eigenvalue weighted by atomic mass is 16.5. The Morgan fingerprint density at radius 3 is 2.52 bits per heavy atom. The minimum absolute atomic E-state index is 0.0842. The van der Waals surface area contributed by atoms with Crippen molar-refractivity contribution in [1.82, 2.24) is 5.32 Å². The predicted molar refractivity (Wildman–Crippen MR) is 82.3 cm³/mol. The van der Waals surface area contributed by atoms with E-state index in [9.17, 15) is 4.79 Å². The van der Waals surface area contributed by atoms with E-state index in [0.717, 1.165) is 17.1 Å². The van der Waals surface area contributed by atoms with Crippen molar-refractivity contribution in [3.8, 4) is 11.5 Å². The van der Waals surface area contributed by atoms with Gasteiger partial charge in [0.1, 0.15) is 17.5 Å². The van der Waals surface area contributed by atoms with Crippen molar-refractivity contribution in [3.63, 3.8) is 0 Å². The number of hydrogen-bond donors (Lipinski definition) is 2. The third-order valence-corrected chi connectivity index (χ3v) is 3.31. The third-order valence-electron chi connectivity index (χ3n) is 3.31. The van der Waals surface area contributed by atoms with Crippen LogP contribution in [0, 0.1) is 0 Å². The van der Waals surface area contributed by atoms with Crippen molar-refractivity contribution in [3.05, 3.63) is 23.8 Å². The molecule has 0 radical (unpaired) electrons. The molecule has 1 unspecified atom stereocenters. The molecule has 1 atom stereocenters. The molecule has 118 valence electrons. The molecule has 0 aromatic heterocycles. The van der Waals surface area contributed by atoms with Gasteiger partial charge in [0.15, 0.2) is 0 Å². The van der Waals surface area contributed by atoms with Crippen LogP contribution in [0.15, 0.2) is 18.2 Å². The number of carbonyl (C=O) groups is 1. The summed E-state index contributed by atoms with van der Waals surface area (Å²) in [5.74, 6) is 0.682. The lowest BCUT2D eigenvalue weighted by Crippen LogP contribution is -2.35. The number of benzene rings is 1. The van der Waals surface area contributed by atoms with Gasteiger partial charge in [-0.15, -0.1) is 0 Å². The molecule has 2 N–H and O–H groups in total. The van der Waals surface area contributed by atoms with E-state index in [4.69, 9.17) is 14.6 Å². The summed E-state index contributed by atoms with van der Waals surface area (Å²) in [5, 5.41) is 11.7. The van der Waals surface area contributed by atoms with Gasteiger partial charge in [-0.3, -0.25) is 4.79 Å². The zero-order valence-electron chi connectivity index (χ0n) is 13.4. The van der Waals surface area contributed by atoms with Gasteiger partial charge < -0.3 is 19.9 Å². The Balaban J connectivity index is 2.81. The summed E-state index contributed by atoms with van der Waals surface area (Å²) in [6.45, 7) is 6.64. The topological polar surface area (TPSA) is 67.8 Å². The minimum Gasteiger partial charge on any atom is -0.497 e. The summed E-state index contributed by atoms with van der Waals surface area (Å²) >= 11 is 0. The molecule has 5 heteroatoms. The van der Waals surface area contributed by atoms with E-state index in [1.807, 2.05) is 18.2 Å². The third kappa shape index (κ3) is 4.93. The fraction of sp³-hybridized carbons (Fsp3) is 0.562. The molecule has 21 heavy (non-hydrogen) atoms. The van der Waals surface area contributed by atoms with Gasteiger partial charge in [0.05, 0.1) is 13.7 Å². The van der Waals surface area contributed by atoms with Crippen molar-refractivity contribution in [2.45, 2.75) is 38.6 Å². The van der Waals surface area contributed by atoms with Crippen molar-refractivity contribution < 1.29 is 19.4 Å². The first kappa shape index (κ1) is 17.3. The first-order valence-corrected chi connectivity index (χ1v) is 7.01. The lowest BCUT2D eigenvalue weighted by atomic mass is 9.86. The number of aliphatic carboxylic acids is 1. The molecular formula is C16H25NO4. The van der Waals surface area contributed by atoms with Crippen LogP contribution < -0.4 is 14.8 Å². The molecule has 0 bridgehead atoms. The maximum absolute atomic E-state index is 10.9. The number of nitrogens with one attached hydrogen (secondary N) is 1. The summed E-state index contributed by atoms with van der Waals surface area (Å²) in [6.07, 6.45) is 0.404. The quantitative estimate of drug-likeness (QED) is 0.808. The van der Waals surface area contributed by atoms with E-state index in [1.165, 1.54) is 0 Å². The maximum Gasteiger partial charge on any atom is 0.320 e. The van der Waals surface area contributed by atoms with Crippen molar-refractivity contribution in [2.75, 3.05) is 20.8 Å².